The molecule has 0 atom stereocenters. The van der Waals surface area contributed by atoms with E-state index in [1.165, 1.54) is 5.57 Å². The highest BCUT2D eigenvalue weighted by atomic mass is 16.6. The fourth-order valence-corrected chi connectivity index (χ4v) is 1.60. The molecule has 1 heterocycles. The third-order valence-corrected chi connectivity index (χ3v) is 2.44. The first-order valence-corrected chi connectivity index (χ1v) is 6.11. The summed E-state index contributed by atoms with van der Waals surface area (Å²) < 4.78 is 4.95. The maximum atomic E-state index is 11.5. The van der Waals surface area contributed by atoms with Gasteiger partial charge >= 0.3 is 6.09 Å². The fraction of sp³-hybridized carbons (Fsp3) is 0.500. The summed E-state index contributed by atoms with van der Waals surface area (Å²) in [5.41, 5.74) is 2.23. The number of rotatable bonds is 3. The molecule has 0 saturated carbocycles. The predicted molar refractivity (Wildman–Crippen MR) is 72.0 cm³/mol. The third kappa shape index (κ3) is 4.47. The molecule has 1 amide bonds. The van der Waals surface area contributed by atoms with Gasteiger partial charge in [0.15, 0.2) is 0 Å². The van der Waals surface area contributed by atoms with E-state index in [-0.39, 0.29) is 6.09 Å². The molecule has 3 nitrogen and oxygen atoms in total. The first kappa shape index (κ1) is 15.5. The highest BCUT2D eigenvalue weighted by Crippen LogP contribution is 2.19. The van der Waals surface area contributed by atoms with Gasteiger partial charge < -0.3 is 9.64 Å². The lowest BCUT2D eigenvalue weighted by Crippen LogP contribution is -2.37. The fourth-order valence-electron chi connectivity index (χ4n) is 1.60. The predicted octanol–water partition coefficient (Wildman–Crippen LogP) is 3.54. The third-order valence-electron chi connectivity index (χ3n) is 2.44. The van der Waals surface area contributed by atoms with Crippen LogP contribution in [0.2, 0.25) is 0 Å². The van der Waals surface area contributed by atoms with Crippen LogP contribution in [0.25, 0.3) is 0 Å². The molecule has 0 aromatic rings. The van der Waals surface area contributed by atoms with Crippen LogP contribution in [-0.2, 0) is 4.74 Å². The van der Waals surface area contributed by atoms with E-state index in [1.807, 2.05) is 19.9 Å². The van der Waals surface area contributed by atoms with Crippen LogP contribution in [0.5, 0.6) is 0 Å². The minimum Gasteiger partial charge on any atom is -0.450 e. The summed E-state index contributed by atoms with van der Waals surface area (Å²) in [6.45, 7) is 15.0. The Morgan fingerprint density at radius 1 is 1.35 bits per heavy atom. The van der Waals surface area contributed by atoms with Gasteiger partial charge in [0.25, 0.3) is 0 Å². The number of carbonyl (C=O) groups excluding carboxylic acids is 1. The summed E-state index contributed by atoms with van der Waals surface area (Å²) in [7, 11) is 0. The number of nitrogens with zero attached hydrogens (tertiary/aromatic N) is 1. The Kier molecular flexibility index (Phi) is 7.85. The number of hydrogen-bond donors (Lipinski definition) is 0. The van der Waals surface area contributed by atoms with Gasteiger partial charge in [-0.2, -0.15) is 0 Å². The Morgan fingerprint density at radius 2 is 1.94 bits per heavy atom. The van der Waals surface area contributed by atoms with Crippen molar-refractivity contribution in [2.24, 2.45) is 0 Å². The second-order valence-electron chi connectivity index (χ2n) is 3.33. The van der Waals surface area contributed by atoms with Crippen LogP contribution >= 0.6 is 0 Å². The normalized spacial score (nSPS) is 14.6. The van der Waals surface area contributed by atoms with Gasteiger partial charge in [0.2, 0.25) is 0 Å². The maximum absolute atomic E-state index is 11.5. The van der Waals surface area contributed by atoms with Crippen molar-refractivity contribution < 1.29 is 9.53 Å². The van der Waals surface area contributed by atoms with Gasteiger partial charge in [0, 0.05) is 13.1 Å². The summed E-state index contributed by atoms with van der Waals surface area (Å²) in [6.07, 6.45) is 4.19. The molecule has 0 aromatic carbocycles. The SMILES string of the molecule is C=CC1=C(C=C)CN(C(=O)OCC)CC1.CC. The van der Waals surface area contributed by atoms with E-state index < -0.39 is 0 Å². The van der Waals surface area contributed by atoms with Gasteiger partial charge in [0.05, 0.1) is 6.61 Å². The largest absolute Gasteiger partial charge is 0.450 e. The quantitative estimate of drug-likeness (QED) is 0.751. The Labute approximate surface area is 104 Å². The zero-order chi connectivity index (χ0) is 13.3. The highest BCUT2D eigenvalue weighted by Gasteiger charge is 2.20. The Balaban J connectivity index is 0.00000121. The zero-order valence-corrected chi connectivity index (χ0v) is 11.2. The lowest BCUT2D eigenvalue weighted by atomic mass is 10.0. The van der Waals surface area contributed by atoms with Crippen LogP contribution in [-0.4, -0.2) is 30.7 Å². The van der Waals surface area contributed by atoms with Gasteiger partial charge in [-0.15, -0.1) is 0 Å². The van der Waals surface area contributed by atoms with Gasteiger partial charge in [-0.25, -0.2) is 4.79 Å². The molecule has 1 aliphatic rings. The van der Waals surface area contributed by atoms with E-state index in [0.29, 0.717) is 19.7 Å². The van der Waals surface area contributed by atoms with Crippen molar-refractivity contribution in [3.63, 3.8) is 0 Å². The molecule has 96 valence electrons. The first-order chi connectivity index (χ1) is 8.22. The topological polar surface area (TPSA) is 29.5 Å². The molecule has 0 saturated heterocycles. The second kappa shape index (κ2) is 8.62. The molecule has 1 aliphatic heterocycles. The summed E-state index contributed by atoms with van der Waals surface area (Å²) in [5.74, 6) is 0. The lowest BCUT2D eigenvalue weighted by molar-refractivity contribution is 0.109. The first-order valence-electron chi connectivity index (χ1n) is 6.11. The summed E-state index contributed by atoms with van der Waals surface area (Å²) >= 11 is 0. The molecule has 0 bridgehead atoms. The molecular formula is C14H23NO2. The van der Waals surface area contributed by atoms with Crippen LogP contribution in [0.15, 0.2) is 36.5 Å². The Morgan fingerprint density at radius 3 is 2.41 bits per heavy atom. The monoisotopic (exact) mass is 237 g/mol. The second-order valence-corrected chi connectivity index (χ2v) is 3.33. The lowest BCUT2D eigenvalue weighted by Gasteiger charge is -2.28. The Hall–Kier alpha value is -1.51. The molecule has 0 N–H and O–H groups in total. The van der Waals surface area contributed by atoms with Crippen molar-refractivity contribution in [3.8, 4) is 0 Å². The molecule has 0 unspecified atom stereocenters. The van der Waals surface area contributed by atoms with E-state index in [9.17, 15) is 4.79 Å². The summed E-state index contributed by atoms with van der Waals surface area (Å²) in [5, 5.41) is 0. The minimum atomic E-state index is -0.250. The molecule has 1 rings (SSSR count). The van der Waals surface area contributed by atoms with Gasteiger partial charge in [-0.1, -0.05) is 39.2 Å². The summed E-state index contributed by atoms with van der Waals surface area (Å²) in [4.78, 5) is 13.2. The van der Waals surface area contributed by atoms with Crippen LogP contribution in [0, 0.1) is 0 Å². The summed E-state index contributed by atoms with van der Waals surface area (Å²) in [6, 6.07) is 0. The smallest absolute Gasteiger partial charge is 0.410 e. The maximum Gasteiger partial charge on any atom is 0.410 e. The zero-order valence-electron chi connectivity index (χ0n) is 11.2. The van der Waals surface area contributed by atoms with Crippen LogP contribution < -0.4 is 0 Å². The van der Waals surface area contributed by atoms with E-state index in [4.69, 9.17) is 4.74 Å². The van der Waals surface area contributed by atoms with Crippen molar-refractivity contribution in [1.29, 1.82) is 0 Å². The van der Waals surface area contributed by atoms with Crippen molar-refractivity contribution in [2.75, 3.05) is 19.7 Å². The molecule has 17 heavy (non-hydrogen) atoms. The molecule has 0 spiro atoms. The van der Waals surface area contributed by atoms with Crippen LogP contribution in [0.1, 0.15) is 27.2 Å². The van der Waals surface area contributed by atoms with Crippen LogP contribution in [0.4, 0.5) is 4.79 Å². The molecule has 0 radical (unpaired) electrons. The standard InChI is InChI=1S/C12H17NO2.C2H6/c1-4-10-7-8-13(9-11(10)5-2)12(14)15-6-3;1-2/h4-5H,1-2,6-9H2,3H3;1-2H3. The molecular weight excluding hydrogens is 214 g/mol. The number of ether oxygens (including phenoxy) is 1. The Bertz CT molecular complexity index is 305. The number of carbonyl (C=O) groups is 1. The minimum absolute atomic E-state index is 0.250. The van der Waals surface area contributed by atoms with Gasteiger partial charge in [-0.05, 0) is 24.5 Å². The number of hydrogen-bond acceptors (Lipinski definition) is 2. The number of amides is 1. The van der Waals surface area contributed by atoms with E-state index in [1.54, 1.807) is 17.9 Å². The van der Waals surface area contributed by atoms with E-state index in [2.05, 4.69) is 13.2 Å². The van der Waals surface area contributed by atoms with E-state index >= 15 is 0 Å². The van der Waals surface area contributed by atoms with E-state index in [0.717, 1.165) is 12.0 Å². The average molecular weight is 237 g/mol. The molecule has 0 aliphatic carbocycles. The number of allylic oxidation sites excluding steroid dienone is 1. The molecule has 0 aromatic heterocycles. The molecule has 3 heteroatoms. The molecule has 0 fully saturated rings. The van der Waals surface area contributed by atoms with Crippen molar-refractivity contribution in [2.45, 2.75) is 27.2 Å². The van der Waals surface area contributed by atoms with Crippen molar-refractivity contribution in [3.05, 3.63) is 36.5 Å². The van der Waals surface area contributed by atoms with Gasteiger partial charge in [0.1, 0.15) is 0 Å². The van der Waals surface area contributed by atoms with Crippen molar-refractivity contribution in [1.82, 2.24) is 4.90 Å². The van der Waals surface area contributed by atoms with Gasteiger partial charge in [-0.3, -0.25) is 0 Å². The van der Waals surface area contributed by atoms with Crippen molar-refractivity contribution >= 4 is 6.09 Å². The average Bonchev–Trinajstić information content (AvgIpc) is 2.40. The van der Waals surface area contributed by atoms with Crippen LogP contribution in [0.3, 0.4) is 0 Å². The highest BCUT2D eigenvalue weighted by molar-refractivity contribution is 5.68.